The lowest BCUT2D eigenvalue weighted by Crippen LogP contribution is -2.44. The highest BCUT2D eigenvalue weighted by atomic mass is 16.4. The molecule has 1 aliphatic carbocycles. The number of hydrogen-bond acceptors (Lipinski definition) is 3. The lowest BCUT2D eigenvalue weighted by Gasteiger charge is -2.27. The molecule has 1 unspecified atom stereocenters. The largest absolute Gasteiger partial charge is 0.481 e. The highest BCUT2D eigenvalue weighted by Gasteiger charge is 2.39. The normalized spacial score (nSPS) is 28.9. The van der Waals surface area contributed by atoms with Gasteiger partial charge in [-0.15, -0.1) is 0 Å². The Morgan fingerprint density at radius 1 is 1.44 bits per heavy atom. The molecule has 4 atom stereocenters. The molecule has 0 bridgehead atoms. The van der Waals surface area contributed by atoms with Gasteiger partial charge >= 0.3 is 5.97 Å². The van der Waals surface area contributed by atoms with Gasteiger partial charge in [-0.25, -0.2) is 0 Å². The van der Waals surface area contributed by atoms with Crippen molar-refractivity contribution in [3.63, 3.8) is 0 Å². The van der Waals surface area contributed by atoms with Crippen molar-refractivity contribution in [3.05, 3.63) is 0 Å². The quantitative estimate of drug-likeness (QED) is 0.664. The summed E-state index contributed by atoms with van der Waals surface area (Å²) in [4.78, 5) is 22.2. The summed E-state index contributed by atoms with van der Waals surface area (Å²) in [6.07, 6.45) is 4.04. The Kier molecular flexibility index (Phi) is 5.59. The fourth-order valence-electron chi connectivity index (χ4n) is 2.85. The molecule has 0 spiro atoms. The Morgan fingerprint density at radius 2 is 2.11 bits per heavy atom. The minimum Gasteiger partial charge on any atom is -0.481 e. The number of nitrogens with one attached hydrogen (secondary N) is 1. The summed E-state index contributed by atoms with van der Waals surface area (Å²) in [5, 5.41) is 12.0. The van der Waals surface area contributed by atoms with Crippen LogP contribution in [0.1, 0.15) is 46.0 Å². The molecule has 0 aromatic carbocycles. The third-order valence-electron chi connectivity index (χ3n) is 3.79. The molecule has 0 radical (unpaired) electrons. The third kappa shape index (κ3) is 3.98. The van der Waals surface area contributed by atoms with Crippen LogP contribution in [-0.2, 0) is 9.59 Å². The highest BCUT2D eigenvalue weighted by Crippen LogP contribution is 2.34. The number of amides is 1. The van der Waals surface area contributed by atoms with Crippen molar-refractivity contribution >= 4 is 11.9 Å². The highest BCUT2D eigenvalue weighted by molar-refractivity contribution is 5.73. The molecule has 0 saturated heterocycles. The number of carbonyl (C=O) groups excluding carboxylic acids is 1. The molecule has 1 rings (SSSR count). The Morgan fingerprint density at radius 3 is 2.56 bits per heavy atom. The van der Waals surface area contributed by atoms with Gasteiger partial charge in [-0.3, -0.25) is 9.59 Å². The van der Waals surface area contributed by atoms with Crippen LogP contribution < -0.4 is 11.1 Å². The van der Waals surface area contributed by atoms with Crippen LogP contribution in [0.4, 0.5) is 0 Å². The molecule has 4 N–H and O–H groups in total. The molecule has 0 heterocycles. The Balaban J connectivity index is 2.66. The number of aliphatic carboxylic acids is 1. The first kappa shape index (κ1) is 15.0. The zero-order valence-electron chi connectivity index (χ0n) is 11.2. The molecule has 1 amide bonds. The SMILES string of the molecule is CCCCC(NC(C)=O)[C@@H]1C[C@@H](C(=O)O)C[C@H]1N. The molecule has 0 aliphatic heterocycles. The molecule has 5 heteroatoms. The second-order valence-corrected chi connectivity index (χ2v) is 5.28. The summed E-state index contributed by atoms with van der Waals surface area (Å²) in [5.74, 6) is -1.11. The van der Waals surface area contributed by atoms with Gasteiger partial charge in [0.15, 0.2) is 0 Å². The van der Waals surface area contributed by atoms with Crippen molar-refractivity contribution in [1.82, 2.24) is 5.32 Å². The maximum Gasteiger partial charge on any atom is 0.306 e. The van der Waals surface area contributed by atoms with Crippen LogP contribution >= 0.6 is 0 Å². The molecule has 18 heavy (non-hydrogen) atoms. The summed E-state index contributed by atoms with van der Waals surface area (Å²) >= 11 is 0. The maximum absolute atomic E-state index is 11.2. The Labute approximate surface area is 108 Å². The second kappa shape index (κ2) is 6.73. The van der Waals surface area contributed by atoms with E-state index in [1.807, 2.05) is 0 Å². The van der Waals surface area contributed by atoms with Gasteiger partial charge in [0.1, 0.15) is 0 Å². The van der Waals surface area contributed by atoms with Gasteiger partial charge in [0.25, 0.3) is 0 Å². The molecule has 1 aliphatic rings. The third-order valence-corrected chi connectivity index (χ3v) is 3.79. The van der Waals surface area contributed by atoms with E-state index < -0.39 is 5.97 Å². The van der Waals surface area contributed by atoms with Crippen LogP contribution in [-0.4, -0.2) is 29.1 Å². The second-order valence-electron chi connectivity index (χ2n) is 5.28. The lowest BCUT2D eigenvalue weighted by molar-refractivity contribution is -0.141. The minimum atomic E-state index is -0.773. The molecule has 1 saturated carbocycles. The molecule has 0 aromatic rings. The monoisotopic (exact) mass is 256 g/mol. The van der Waals surface area contributed by atoms with Crippen molar-refractivity contribution in [2.45, 2.75) is 58.0 Å². The Bertz CT molecular complexity index is 307. The van der Waals surface area contributed by atoms with Gasteiger partial charge in [-0.2, -0.15) is 0 Å². The molecular formula is C13H24N2O3. The number of unbranched alkanes of at least 4 members (excludes halogenated alkanes) is 1. The first-order valence-corrected chi connectivity index (χ1v) is 6.71. The van der Waals surface area contributed by atoms with Crippen LogP contribution in [0.3, 0.4) is 0 Å². The van der Waals surface area contributed by atoms with E-state index in [0.717, 1.165) is 19.3 Å². The van der Waals surface area contributed by atoms with Gasteiger partial charge in [-0.1, -0.05) is 19.8 Å². The number of nitrogens with two attached hydrogens (primary N) is 1. The summed E-state index contributed by atoms with van der Waals surface area (Å²) in [7, 11) is 0. The molecule has 1 fully saturated rings. The fraction of sp³-hybridized carbons (Fsp3) is 0.846. The summed E-state index contributed by atoms with van der Waals surface area (Å²) in [5.41, 5.74) is 6.04. The predicted molar refractivity (Wildman–Crippen MR) is 69.0 cm³/mol. The average Bonchev–Trinajstić information content (AvgIpc) is 2.66. The van der Waals surface area contributed by atoms with E-state index in [1.165, 1.54) is 6.92 Å². The molecule has 104 valence electrons. The molecular weight excluding hydrogens is 232 g/mol. The van der Waals surface area contributed by atoms with E-state index in [9.17, 15) is 9.59 Å². The molecule has 0 aromatic heterocycles. The van der Waals surface area contributed by atoms with Gasteiger partial charge in [0, 0.05) is 19.0 Å². The van der Waals surface area contributed by atoms with Gasteiger partial charge in [0.05, 0.1) is 5.92 Å². The first-order valence-electron chi connectivity index (χ1n) is 6.71. The maximum atomic E-state index is 11.2. The summed E-state index contributed by atoms with van der Waals surface area (Å²) < 4.78 is 0. The minimum absolute atomic E-state index is 0.0156. The zero-order chi connectivity index (χ0) is 13.7. The molecule has 5 nitrogen and oxygen atoms in total. The smallest absolute Gasteiger partial charge is 0.306 e. The Hall–Kier alpha value is -1.10. The van der Waals surface area contributed by atoms with Crippen molar-refractivity contribution in [1.29, 1.82) is 0 Å². The van der Waals surface area contributed by atoms with E-state index in [0.29, 0.717) is 12.8 Å². The van der Waals surface area contributed by atoms with Crippen LogP contribution in [0, 0.1) is 11.8 Å². The summed E-state index contributed by atoms with van der Waals surface area (Å²) in [6.45, 7) is 3.59. The van der Waals surface area contributed by atoms with E-state index in [2.05, 4.69) is 12.2 Å². The van der Waals surface area contributed by atoms with Crippen LogP contribution in [0.15, 0.2) is 0 Å². The number of rotatable bonds is 6. The van der Waals surface area contributed by atoms with Crippen molar-refractivity contribution in [2.24, 2.45) is 17.6 Å². The van der Waals surface area contributed by atoms with Gasteiger partial charge in [0.2, 0.25) is 5.91 Å². The number of carbonyl (C=O) groups is 2. The first-order chi connectivity index (χ1) is 8.45. The van der Waals surface area contributed by atoms with Crippen LogP contribution in [0.2, 0.25) is 0 Å². The van der Waals surface area contributed by atoms with Crippen LogP contribution in [0.5, 0.6) is 0 Å². The zero-order valence-corrected chi connectivity index (χ0v) is 11.2. The van der Waals surface area contributed by atoms with E-state index in [1.54, 1.807) is 0 Å². The number of carboxylic acids is 1. The van der Waals surface area contributed by atoms with Crippen molar-refractivity contribution < 1.29 is 14.7 Å². The van der Waals surface area contributed by atoms with Crippen LogP contribution in [0.25, 0.3) is 0 Å². The number of hydrogen-bond donors (Lipinski definition) is 3. The van der Waals surface area contributed by atoms with Crippen molar-refractivity contribution in [3.8, 4) is 0 Å². The standard InChI is InChI=1S/C13H24N2O3/c1-3-4-5-12(15-8(2)16)10-6-9(13(17)18)7-11(10)14/h9-12H,3-7,14H2,1-2H3,(H,15,16)(H,17,18)/t9-,10-,11-,12?/m1/s1. The van der Waals surface area contributed by atoms with E-state index >= 15 is 0 Å². The predicted octanol–water partition coefficient (Wildman–Crippen LogP) is 1.12. The fourth-order valence-corrected chi connectivity index (χ4v) is 2.85. The van der Waals surface area contributed by atoms with E-state index in [-0.39, 0.29) is 29.8 Å². The van der Waals surface area contributed by atoms with Gasteiger partial charge in [-0.05, 0) is 25.2 Å². The lowest BCUT2D eigenvalue weighted by atomic mass is 9.90. The van der Waals surface area contributed by atoms with Gasteiger partial charge < -0.3 is 16.2 Å². The summed E-state index contributed by atoms with van der Waals surface area (Å²) in [6, 6.07) is -0.110. The van der Waals surface area contributed by atoms with E-state index in [4.69, 9.17) is 10.8 Å². The number of carboxylic acid groups (broad SMARTS) is 1. The average molecular weight is 256 g/mol. The topological polar surface area (TPSA) is 92.4 Å². The van der Waals surface area contributed by atoms with Crippen molar-refractivity contribution in [2.75, 3.05) is 0 Å².